The van der Waals surface area contributed by atoms with Gasteiger partial charge in [0.25, 0.3) is 0 Å². The number of amides is 1. The fourth-order valence-electron chi connectivity index (χ4n) is 2.37. The minimum Gasteiger partial charge on any atom is -0.497 e. The molecule has 1 amide bonds. The maximum absolute atomic E-state index is 12.5. The van der Waals surface area contributed by atoms with E-state index in [1.807, 2.05) is 48.5 Å². The molecule has 0 saturated carbocycles. The molecule has 0 fully saturated rings. The van der Waals surface area contributed by atoms with Gasteiger partial charge in [0, 0.05) is 12.7 Å². The Hall–Kier alpha value is -2.59. The number of rotatable bonds is 6. The Bertz CT molecular complexity index is 680. The van der Waals surface area contributed by atoms with Crippen molar-refractivity contribution in [2.24, 2.45) is 5.73 Å². The summed E-state index contributed by atoms with van der Waals surface area (Å²) in [7, 11) is 3.33. The molecule has 0 aliphatic heterocycles. The number of benzene rings is 2. The van der Waals surface area contributed by atoms with Crippen LogP contribution in [-0.4, -0.2) is 26.1 Å². The standard InChI is InChI=1S/C19H22N2O2/c1-4-14-6-5-7-15(12-14)13-18(20)19(22)21(2)16-8-10-17(23-3)11-9-16/h4-12,18H,1,13,20H2,2-3H3. The molecule has 2 N–H and O–H groups in total. The molecule has 0 heterocycles. The summed E-state index contributed by atoms with van der Waals surface area (Å²) in [6.45, 7) is 3.75. The lowest BCUT2D eigenvalue weighted by Gasteiger charge is -2.22. The Balaban J connectivity index is 2.06. The van der Waals surface area contributed by atoms with Gasteiger partial charge < -0.3 is 15.4 Å². The van der Waals surface area contributed by atoms with Crippen LogP contribution in [0.4, 0.5) is 5.69 Å². The predicted octanol–water partition coefficient (Wildman–Crippen LogP) is 2.87. The fraction of sp³-hybridized carbons (Fsp3) is 0.211. The molecule has 120 valence electrons. The maximum Gasteiger partial charge on any atom is 0.243 e. The van der Waals surface area contributed by atoms with E-state index in [4.69, 9.17) is 10.5 Å². The molecular weight excluding hydrogens is 288 g/mol. The van der Waals surface area contributed by atoms with Gasteiger partial charge in [-0.1, -0.05) is 36.9 Å². The number of carbonyl (C=O) groups is 1. The highest BCUT2D eigenvalue weighted by molar-refractivity contribution is 5.96. The number of carbonyl (C=O) groups excluding carboxylic acids is 1. The minimum absolute atomic E-state index is 0.126. The van der Waals surface area contributed by atoms with Crippen LogP contribution < -0.4 is 15.4 Å². The summed E-state index contributed by atoms with van der Waals surface area (Å²) in [6.07, 6.45) is 2.27. The number of hydrogen-bond donors (Lipinski definition) is 1. The number of anilines is 1. The molecular formula is C19H22N2O2. The second-order valence-electron chi connectivity index (χ2n) is 5.36. The Morgan fingerprint density at radius 1 is 1.30 bits per heavy atom. The van der Waals surface area contributed by atoms with Crippen molar-refractivity contribution in [1.82, 2.24) is 0 Å². The molecule has 23 heavy (non-hydrogen) atoms. The molecule has 0 saturated heterocycles. The number of nitrogens with zero attached hydrogens (tertiary/aromatic N) is 1. The Morgan fingerprint density at radius 2 is 2.00 bits per heavy atom. The van der Waals surface area contributed by atoms with E-state index in [9.17, 15) is 4.79 Å². The summed E-state index contributed by atoms with van der Waals surface area (Å²) < 4.78 is 5.12. The Kier molecular flexibility index (Phi) is 5.55. The lowest BCUT2D eigenvalue weighted by Crippen LogP contribution is -2.43. The van der Waals surface area contributed by atoms with Gasteiger partial charge in [0.2, 0.25) is 5.91 Å². The first-order valence-corrected chi connectivity index (χ1v) is 7.43. The van der Waals surface area contributed by atoms with Gasteiger partial charge in [-0.15, -0.1) is 0 Å². The first kappa shape index (κ1) is 16.8. The quantitative estimate of drug-likeness (QED) is 0.892. The topological polar surface area (TPSA) is 55.6 Å². The van der Waals surface area contributed by atoms with E-state index in [0.717, 1.165) is 22.6 Å². The number of methoxy groups -OCH3 is 1. The van der Waals surface area contributed by atoms with Gasteiger partial charge in [-0.2, -0.15) is 0 Å². The zero-order chi connectivity index (χ0) is 16.8. The lowest BCUT2D eigenvalue weighted by molar-refractivity contribution is -0.119. The third-order valence-electron chi connectivity index (χ3n) is 3.75. The highest BCUT2D eigenvalue weighted by Crippen LogP contribution is 2.19. The van der Waals surface area contributed by atoms with Crippen LogP contribution in [0.5, 0.6) is 5.75 Å². The van der Waals surface area contributed by atoms with E-state index in [1.165, 1.54) is 0 Å². The fourth-order valence-corrected chi connectivity index (χ4v) is 2.37. The maximum atomic E-state index is 12.5. The summed E-state index contributed by atoms with van der Waals surface area (Å²) in [6, 6.07) is 14.6. The van der Waals surface area contributed by atoms with Crippen LogP contribution >= 0.6 is 0 Å². The van der Waals surface area contributed by atoms with Gasteiger partial charge in [-0.25, -0.2) is 0 Å². The summed E-state index contributed by atoms with van der Waals surface area (Å²) in [5.74, 6) is 0.624. The zero-order valence-electron chi connectivity index (χ0n) is 13.5. The van der Waals surface area contributed by atoms with Crippen molar-refractivity contribution in [2.75, 3.05) is 19.1 Å². The number of likely N-dealkylation sites (N-methyl/N-ethyl adjacent to an activating group) is 1. The molecule has 0 radical (unpaired) electrons. The molecule has 4 nitrogen and oxygen atoms in total. The van der Waals surface area contributed by atoms with Crippen LogP contribution in [0.25, 0.3) is 6.08 Å². The second kappa shape index (κ2) is 7.61. The zero-order valence-corrected chi connectivity index (χ0v) is 13.5. The van der Waals surface area contributed by atoms with Crippen LogP contribution in [0.15, 0.2) is 55.1 Å². The van der Waals surface area contributed by atoms with Gasteiger partial charge in [-0.3, -0.25) is 4.79 Å². The van der Waals surface area contributed by atoms with E-state index in [-0.39, 0.29) is 5.91 Å². The number of nitrogens with two attached hydrogens (primary N) is 1. The molecule has 0 bridgehead atoms. The molecule has 2 rings (SSSR count). The molecule has 0 aliphatic rings. The Morgan fingerprint density at radius 3 is 2.61 bits per heavy atom. The average molecular weight is 310 g/mol. The van der Waals surface area contributed by atoms with Gasteiger partial charge in [0.15, 0.2) is 0 Å². The van der Waals surface area contributed by atoms with Crippen LogP contribution in [0.2, 0.25) is 0 Å². The van der Waals surface area contributed by atoms with Crippen molar-refractivity contribution in [3.8, 4) is 5.75 Å². The predicted molar refractivity (Wildman–Crippen MR) is 94.6 cm³/mol. The molecule has 0 spiro atoms. The van der Waals surface area contributed by atoms with Crippen molar-refractivity contribution in [3.63, 3.8) is 0 Å². The van der Waals surface area contributed by atoms with Gasteiger partial charge in [0.1, 0.15) is 5.75 Å². The number of ether oxygens (including phenoxy) is 1. The summed E-state index contributed by atoms with van der Waals surface area (Å²) in [4.78, 5) is 14.1. The number of hydrogen-bond acceptors (Lipinski definition) is 3. The largest absolute Gasteiger partial charge is 0.497 e. The van der Waals surface area contributed by atoms with Crippen molar-refractivity contribution >= 4 is 17.7 Å². The van der Waals surface area contributed by atoms with E-state index in [2.05, 4.69) is 6.58 Å². The molecule has 1 atom stereocenters. The smallest absolute Gasteiger partial charge is 0.243 e. The molecule has 4 heteroatoms. The third-order valence-corrected chi connectivity index (χ3v) is 3.75. The van der Waals surface area contributed by atoms with E-state index in [0.29, 0.717) is 6.42 Å². The summed E-state index contributed by atoms with van der Waals surface area (Å²) >= 11 is 0. The van der Waals surface area contributed by atoms with Gasteiger partial charge in [0.05, 0.1) is 13.2 Å². The highest BCUT2D eigenvalue weighted by Gasteiger charge is 2.19. The first-order chi connectivity index (χ1) is 11.0. The van der Waals surface area contributed by atoms with Crippen LogP contribution in [0.1, 0.15) is 11.1 Å². The van der Waals surface area contributed by atoms with Gasteiger partial charge in [-0.05, 0) is 41.8 Å². The SMILES string of the molecule is C=Cc1cccc(CC(N)C(=O)N(C)c2ccc(OC)cc2)c1. The first-order valence-electron chi connectivity index (χ1n) is 7.43. The molecule has 0 aromatic heterocycles. The van der Waals surface area contributed by atoms with Crippen LogP contribution in [0, 0.1) is 0 Å². The van der Waals surface area contributed by atoms with Crippen LogP contribution in [0.3, 0.4) is 0 Å². The van der Waals surface area contributed by atoms with E-state index >= 15 is 0 Å². The van der Waals surface area contributed by atoms with Crippen molar-refractivity contribution in [1.29, 1.82) is 0 Å². The average Bonchev–Trinajstić information content (AvgIpc) is 2.60. The third kappa shape index (κ3) is 4.20. The van der Waals surface area contributed by atoms with Crippen molar-refractivity contribution in [2.45, 2.75) is 12.5 Å². The van der Waals surface area contributed by atoms with Crippen molar-refractivity contribution < 1.29 is 9.53 Å². The van der Waals surface area contributed by atoms with Crippen LogP contribution in [-0.2, 0) is 11.2 Å². The summed E-state index contributed by atoms with van der Waals surface area (Å²) in [5, 5.41) is 0. The van der Waals surface area contributed by atoms with E-state index < -0.39 is 6.04 Å². The molecule has 1 unspecified atom stereocenters. The molecule has 0 aliphatic carbocycles. The van der Waals surface area contributed by atoms with Crippen molar-refractivity contribution in [3.05, 3.63) is 66.2 Å². The molecule has 2 aromatic rings. The monoisotopic (exact) mass is 310 g/mol. The van der Waals surface area contributed by atoms with E-state index in [1.54, 1.807) is 25.1 Å². The summed E-state index contributed by atoms with van der Waals surface area (Å²) in [5.41, 5.74) is 8.92. The minimum atomic E-state index is -0.595. The Labute approximate surface area is 137 Å². The lowest BCUT2D eigenvalue weighted by atomic mass is 10.0. The van der Waals surface area contributed by atoms with Gasteiger partial charge >= 0.3 is 0 Å². The normalized spacial score (nSPS) is 11.6. The highest BCUT2D eigenvalue weighted by atomic mass is 16.5. The second-order valence-corrected chi connectivity index (χ2v) is 5.36. The molecule has 2 aromatic carbocycles.